The first-order valence-electron chi connectivity index (χ1n) is 11.3. The van der Waals surface area contributed by atoms with E-state index >= 15 is 0 Å². The van der Waals surface area contributed by atoms with Gasteiger partial charge in [0.25, 0.3) is 0 Å². The third-order valence-electron chi connectivity index (χ3n) is 4.99. The van der Waals surface area contributed by atoms with Crippen LogP contribution in [0.1, 0.15) is 22.7 Å². The second kappa shape index (κ2) is 14.0. The average molecular weight is 648 g/mol. The van der Waals surface area contributed by atoms with E-state index in [0.717, 1.165) is 17.7 Å². The molecule has 0 saturated heterocycles. The summed E-state index contributed by atoms with van der Waals surface area (Å²) in [6, 6.07) is 13.2. The summed E-state index contributed by atoms with van der Waals surface area (Å²) in [5.74, 6) is -3.72. The fourth-order valence-electron chi connectivity index (χ4n) is 3.33. The Morgan fingerprint density at radius 3 is 1.51 bits per heavy atom. The number of rotatable bonds is 9. The van der Waals surface area contributed by atoms with Gasteiger partial charge in [0.15, 0.2) is 0 Å². The predicted molar refractivity (Wildman–Crippen MR) is 136 cm³/mol. The number of benzene rings is 2. The van der Waals surface area contributed by atoms with Crippen LogP contribution in [-0.2, 0) is 18.0 Å². The molecule has 198 valence electrons. The number of halogens is 4. The van der Waals surface area contributed by atoms with Crippen LogP contribution in [0.4, 0.5) is 17.6 Å². The van der Waals surface area contributed by atoms with Crippen LogP contribution < -0.4 is 9.47 Å². The molecule has 37 heavy (non-hydrogen) atoms. The van der Waals surface area contributed by atoms with Gasteiger partial charge in [-0.25, -0.2) is 0 Å². The molecule has 0 bridgehead atoms. The number of aliphatic hydroxyl groups excluding tert-OH is 1. The van der Waals surface area contributed by atoms with Crippen molar-refractivity contribution in [2.24, 2.45) is 0 Å². The molecule has 0 radical (unpaired) electrons. The molecule has 2 aromatic carbocycles. The summed E-state index contributed by atoms with van der Waals surface area (Å²) in [5.41, 5.74) is 0.555. The summed E-state index contributed by atoms with van der Waals surface area (Å²) in [6.07, 6.45) is 0. The number of methoxy groups -OCH3 is 1. The molecule has 2 heterocycles. The molecule has 0 fully saturated rings. The second-order valence-corrected chi connectivity index (χ2v) is 12.4. The standard InChI is InChI=1S/C14H14F2O2Se.C13H12F2O2Se/c1-3-18-11-6-5-10(13(15)14(11)16)12-7-4-9(19-12)8-17-2;1-2-17-10-5-4-9(12(14)13(10)15)11-6-3-8(7-16)18-11/h4-7H,3,8H2,1-2H3;3-6,16H,2,7H2,1H3. The van der Waals surface area contributed by atoms with E-state index in [-0.39, 0.29) is 52.7 Å². The molecule has 1 N–H and O–H groups in total. The van der Waals surface area contributed by atoms with Gasteiger partial charge in [-0.3, -0.25) is 0 Å². The van der Waals surface area contributed by atoms with E-state index in [1.807, 2.05) is 12.1 Å². The molecule has 0 saturated carbocycles. The van der Waals surface area contributed by atoms with Crippen molar-refractivity contribution in [1.29, 1.82) is 0 Å². The maximum atomic E-state index is 14.0. The Kier molecular flexibility index (Phi) is 11.1. The van der Waals surface area contributed by atoms with Gasteiger partial charge >= 0.3 is 225 Å². The number of aliphatic hydroxyl groups is 1. The summed E-state index contributed by atoms with van der Waals surface area (Å²) in [7, 11) is 1.62. The van der Waals surface area contributed by atoms with Gasteiger partial charge in [0.1, 0.15) is 0 Å². The first-order valence-corrected chi connectivity index (χ1v) is 14.8. The number of hydrogen-bond donors (Lipinski definition) is 1. The second-order valence-electron chi connectivity index (χ2n) is 7.47. The van der Waals surface area contributed by atoms with Gasteiger partial charge in [-0.15, -0.1) is 0 Å². The average Bonchev–Trinajstić information content (AvgIpc) is 3.56. The Balaban J connectivity index is 0.000000206. The first kappa shape index (κ1) is 29.2. The van der Waals surface area contributed by atoms with Crippen LogP contribution in [0.2, 0.25) is 0 Å². The third kappa shape index (κ3) is 7.17. The van der Waals surface area contributed by atoms with Gasteiger partial charge in [-0.1, -0.05) is 0 Å². The van der Waals surface area contributed by atoms with Crippen molar-refractivity contribution in [1.82, 2.24) is 0 Å². The summed E-state index contributed by atoms with van der Waals surface area (Å²) >= 11 is -0.161. The van der Waals surface area contributed by atoms with Crippen molar-refractivity contribution < 1.29 is 36.9 Å². The van der Waals surface area contributed by atoms with E-state index < -0.39 is 23.3 Å². The third-order valence-corrected chi connectivity index (χ3v) is 9.60. The van der Waals surface area contributed by atoms with Crippen LogP contribution in [0.25, 0.3) is 20.0 Å². The van der Waals surface area contributed by atoms with Crippen LogP contribution in [0.15, 0.2) is 48.5 Å². The van der Waals surface area contributed by atoms with Gasteiger partial charge in [0, 0.05) is 0 Å². The maximum absolute atomic E-state index is 14.0. The van der Waals surface area contributed by atoms with Gasteiger partial charge in [-0.05, 0) is 0 Å². The molecular weight excluding hydrogens is 622 g/mol. The molecule has 10 heteroatoms. The Morgan fingerprint density at radius 2 is 1.11 bits per heavy atom. The van der Waals surface area contributed by atoms with Gasteiger partial charge < -0.3 is 0 Å². The zero-order valence-electron chi connectivity index (χ0n) is 20.4. The summed E-state index contributed by atoms with van der Waals surface area (Å²) in [4.78, 5) is 0. The van der Waals surface area contributed by atoms with E-state index in [4.69, 9.17) is 19.3 Å². The molecule has 0 aliphatic heterocycles. The fourth-order valence-corrected chi connectivity index (χ4v) is 7.28. The van der Waals surface area contributed by atoms with E-state index in [1.54, 1.807) is 39.2 Å². The van der Waals surface area contributed by atoms with Crippen molar-refractivity contribution in [3.8, 4) is 31.5 Å². The van der Waals surface area contributed by atoms with Crippen LogP contribution >= 0.6 is 0 Å². The van der Waals surface area contributed by atoms with Crippen LogP contribution in [0.5, 0.6) is 11.5 Å². The monoisotopic (exact) mass is 650 g/mol. The molecule has 4 nitrogen and oxygen atoms in total. The van der Waals surface area contributed by atoms with Crippen LogP contribution in [0.3, 0.4) is 0 Å². The van der Waals surface area contributed by atoms with E-state index in [0.29, 0.717) is 25.4 Å². The normalized spacial score (nSPS) is 10.7. The molecule has 0 aliphatic carbocycles. The molecule has 0 atom stereocenters. The van der Waals surface area contributed by atoms with Gasteiger partial charge in [0.2, 0.25) is 0 Å². The molecular formula is C27H26F4O4Se2. The van der Waals surface area contributed by atoms with Gasteiger partial charge in [-0.2, -0.15) is 0 Å². The number of hydrogen-bond acceptors (Lipinski definition) is 4. The van der Waals surface area contributed by atoms with Crippen molar-refractivity contribution in [3.05, 3.63) is 80.7 Å². The Bertz CT molecular complexity index is 1320. The summed E-state index contributed by atoms with van der Waals surface area (Å²) in [6.45, 7) is 4.53. The Morgan fingerprint density at radius 1 is 0.649 bits per heavy atom. The van der Waals surface area contributed by atoms with Crippen molar-refractivity contribution in [3.63, 3.8) is 0 Å². The topological polar surface area (TPSA) is 47.9 Å². The Labute approximate surface area is 224 Å². The molecule has 4 rings (SSSR count). The zero-order chi connectivity index (χ0) is 26.9. The Hall–Kier alpha value is -2.32. The zero-order valence-corrected chi connectivity index (χ0v) is 23.9. The van der Waals surface area contributed by atoms with E-state index in [2.05, 4.69) is 0 Å². The molecule has 0 amide bonds. The van der Waals surface area contributed by atoms with Crippen LogP contribution in [-0.4, -0.2) is 54.4 Å². The minimum absolute atomic E-state index is 0.0174. The quantitative estimate of drug-likeness (QED) is 0.184. The molecule has 0 spiro atoms. The van der Waals surface area contributed by atoms with Gasteiger partial charge in [0.05, 0.1) is 0 Å². The molecule has 4 aromatic rings. The van der Waals surface area contributed by atoms with Crippen molar-refractivity contribution >= 4 is 29.0 Å². The summed E-state index contributed by atoms with van der Waals surface area (Å²) in [5, 5.41) is 8.99. The molecule has 0 aliphatic rings. The van der Waals surface area contributed by atoms with Crippen LogP contribution in [0, 0.1) is 23.3 Å². The number of ether oxygens (including phenoxy) is 3. The SMILES string of the molecule is CCOc1ccc(-c2ccc(CO)[se]2)c(F)c1F.CCOc1ccc(-c2ccc(COC)[se]2)c(F)c1F. The van der Waals surface area contributed by atoms with Crippen molar-refractivity contribution in [2.75, 3.05) is 20.3 Å². The van der Waals surface area contributed by atoms with E-state index in [1.165, 1.54) is 18.2 Å². The molecule has 2 aromatic heterocycles. The molecule has 0 unspecified atom stereocenters. The predicted octanol–water partition coefficient (Wildman–Crippen LogP) is 5.81. The van der Waals surface area contributed by atoms with Crippen molar-refractivity contribution in [2.45, 2.75) is 27.1 Å². The van der Waals surface area contributed by atoms with E-state index in [9.17, 15) is 17.6 Å². The first-order chi connectivity index (χ1) is 17.8. The fraction of sp³-hybridized carbons (Fsp3) is 0.259. The summed E-state index contributed by atoms with van der Waals surface area (Å²) < 4.78 is 74.0. The minimum atomic E-state index is -0.955.